The summed E-state index contributed by atoms with van der Waals surface area (Å²) in [7, 11) is 0. The number of benzene rings is 1. The monoisotopic (exact) mass is 340 g/mol. The van der Waals surface area contributed by atoms with Crippen LogP contribution in [0, 0.1) is 0 Å². The van der Waals surface area contributed by atoms with E-state index in [-0.39, 0.29) is 11.8 Å². The first-order chi connectivity index (χ1) is 12.1. The van der Waals surface area contributed by atoms with Crippen molar-refractivity contribution >= 4 is 23.1 Å². The summed E-state index contributed by atoms with van der Waals surface area (Å²) >= 11 is 0. The molecule has 0 aliphatic carbocycles. The van der Waals surface area contributed by atoms with E-state index in [0.717, 1.165) is 19.1 Å². The SMILES string of the molecule is CCCCOc1nc(N)c2[nH]cc(C(O)c3ccc(C=O)cc3)c2n1. The number of carbonyl (C=O) groups excluding carboxylic acids is 1. The van der Waals surface area contributed by atoms with E-state index in [9.17, 15) is 9.90 Å². The molecular formula is C18H20N4O3. The Labute approximate surface area is 144 Å². The van der Waals surface area contributed by atoms with E-state index in [0.29, 0.717) is 34.3 Å². The molecule has 0 fully saturated rings. The van der Waals surface area contributed by atoms with Gasteiger partial charge < -0.3 is 20.6 Å². The van der Waals surface area contributed by atoms with Crippen molar-refractivity contribution in [2.45, 2.75) is 25.9 Å². The van der Waals surface area contributed by atoms with E-state index in [1.165, 1.54) is 0 Å². The predicted molar refractivity (Wildman–Crippen MR) is 94.6 cm³/mol. The van der Waals surface area contributed by atoms with Crippen LogP contribution in [-0.2, 0) is 0 Å². The second kappa shape index (κ2) is 7.31. The molecule has 0 amide bonds. The highest BCUT2D eigenvalue weighted by Gasteiger charge is 2.19. The Balaban J connectivity index is 1.95. The summed E-state index contributed by atoms with van der Waals surface area (Å²) in [6.07, 6.45) is 3.40. The maximum absolute atomic E-state index is 10.8. The minimum atomic E-state index is -0.910. The summed E-state index contributed by atoms with van der Waals surface area (Å²) in [6, 6.07) is 6.92. The Morgan fingerprint density at radius 3 is 2.76 bits per heavy atom. The molecule has 0 saturated carbocycles. The van der Waals surface area contributed by atoms with E-state index in [1.807, 2.05) is 0 Å². The van der Waals surface area contributed by atoms with Gasteiger partial charge in [0.1, 0.15) is 23.4 Å². The van der Waals surface area contributed by atoms with Crippen molar-refractivity contribution in [3.05, 3.63) is 47.2 Å². The minimum absolute atomic E-state index is 0.197. The van der Waals surface area contributed by atoms with Crippen molar-refractivity contribution in [1.29, 1.82) is 0 Å². The molecule has 3 aromatic rings. The predicted octanol–water partition coefficient (Wildman–Crippen LogP) is 2.61. The summed E-state index contributed by atoms with van der Waals surface area (Å²) in [4.78, 5) is 22.3. The number of aliphatic hydroxyl groups excluding tert-OH is 1. The molecule has 2 aromatic heterocycles. The molecule has 0 radical (unpaired) electrons. The fourth-order valence-corrected chi connectivity index (χ4v) is 2.54. The van der Waals surface area contributed by atoms with Crippen LogP contribution in [0.15, 0.2) is 30.5 Å². The largest absolute Gasteiger partial charge is 0.463 e. The van der Waals surface area contributed by atoms with Gasteiger partial charge in [-0.3, -0.25) is 4.79 Å². The first-order valence-electron chi connectivity index (χ1n) is 8.14. The first-order valence-corrected chi connectivity index (χ1v) is 8.14. The third kappa shape index (κ3) is 3.46. The number of H-pyrrole nitrogens is 1. The standard InChI is InChI=1S/C18H20N4O3/c1-2-3-8-25-18-21-14-13(9-20-15(14)17(19)22-18)16(24)12-6-4-11(10-23)5-7-12/h4-7,9-10,16,20,24H,2-3,8H2,1H3,(H2,19,21,22). The first kappa shape index (κ1) is 16.9. The van der Waals surface area contributed by atoms with Crippen LogP contribution in [0.3, 0.4) is 0 Å². The summed E-state index contributed by atoms with van der Waals surface area (Å²) < 4.78 is 5.54. The molecule has 1 aromatic carbocycles. The van der Waals surface area contributed by atoms with E-state index in [4.69, 9.17) is 10.5 Å². The molecule has 0 bridgehead atoms. The molecule has 1 unspecified atom stereocenters. The zero-order valence-electron chi connectivity index (χ0n) is 13.9. The van der Waals surface area contributed by atoms with Crippen molar-refractivity contribution in [1.82, 2.24) is 15.0 Å². The Hall–Kier alpha value is -2.93. The number of carbonyl (C=O) groups is 1. The molecule has 3 rings (SSSR count). The molecule has 25 heavy (non-hydrogen) atoms. The number of aliphatic hydroxyl groups is 1. The molecule has 7 nitrogen and oxygen atoms in total. The van der Waals surface area contributed by atoms with Gasteiger partial charge in [-0.2, -0.15) is 9.97 Å². The third-order valence-corrected chi connectivity index (χ3v) is 3.97. The number of nitrogens with two attached hydrogens (primary N) is 1. The smallest absolute Gasteiger partial charge is 0.319 e. The van der Waals surface area contributed by atoms with Crippen molar-refractivity contribution in [3.63, 3.8) is 0 Å². The van der Waals surface area contributed by atoms with Crippen LogP contribution in [-0.4, -0.2) is 33.0 Å². The Morgan fingerprint density at radius 2 is 2.08 bits per heavy atom. The number of hydrogen-bond donors (Lipinski definition) is 3. The highest BCUT2D eigenvalue weighted by molar-refractivity contribution is 5.88. The molecule has 2 heterocycles. The number of unbranched alkanes of at least 4 members (excludes halogenated alkanes) is 1. The normalized spacial score (nSPS) is 12.2. The van der Waals surface area contributed by atoms with Crippen molar-refractivity contribution in [2.75, 3.05) is 12.3 Å². The molecule has 0 aliphatic heterocycles. The van der Waals surface area contributed by atoms with E-state index >= 15 is 0 Å². The third-order valence-electron chi connectivity index (χ3n) is 3.97. The highest BCUT2D eigenvalue weighted by atomic mass is 16.5. The summed E-state index contributed by atoms with van der Waals surface area (Å²) in [5.41, 5.74) is 8.82. The fraction of sp³-hybridized carbons (Fsp3) is 0.278. The maximum Gasteiger partial charge on any atom is 0.319 e. The molecule has 130 valence electrons. The van der Waals surface area contributed by atoms with Gasteiger partial charge in [0, 0.05) is 17.3 Å². The lowest BCUT2D eigenvalue weighted by atomic mass is 10.0. The molecule has 0 aliphatic rings. The van der Waals surface area contributed by atoms with Crippen LogP contribution in [0.5, 0.6) is 6.01 Å². The van der Waals surface area contributed by atoms with Gasteiger partial charge >= 0.3 is 6.01 Å². The highest BCUT2D eigenvalue weighted by Crippen LogP contribution is 2.30. The lowest BCUT2D eigenvalue weighted by Crippen LogP contribution is -2.05. The molecule has 7 heteroatoms. The second-order valence-corrected chi connectivity index (χ2v) is 5.75. The van der Waals surface area contributed by atoms with Gasteiger partial charge in [-0.15, -0.1) is 0 Å². The number of nitrogens with one attached hydrogen (secondary N) is 1. The number of rotatable bonds is 7. The van der Waals surface area contributed by atoms with Gasteiger partial charge in [0.2, 0.25) is 0 Å². The summed E-state index contributed by atoms with van der Waals surface area (Å²) in [6.45, 7) is 2.58. The summed E-state index contributed by atoms with van der Waals surface area (Å²) in [5, 5.41) is 10.7. The Bertz CT molecular complexity index is 874. The van der Waals surface area contributed by atoms with Crippen LogP contribution >= 0.6 is 0 Å². The van der Waals surface area contributed by atoms with Gasteiger partial charge in [-0.05, 0) is 12.0 Å². The van der Waals surface area contributed by atoms with Gasteiger partial charge in [0.15, 0.2) is 5.82 Å². The number of aromatic amines is 1. The zero-order valence-corrected chi connectivity index (χ0v) is 13.9. The summed E-state index contributed by atoms with van der Waals surface area (Å²) in [5.74, 6) is 0.270. The number of fused-ring (bicyclic) bond motifs is 1. The molecule has 1 atom stereocenters. The number of anilines is 1. The van der Waals surface area contributed by atoms with Gasteiger partial charge in [0.05, 0.1) is 6.61 Å². The Kier molecular flexibility index (Phi) is 4.95. The number of nitrogens with zero attached hydrogens (tertiary/aromatic N) is 2. The van der Waals surface area contributed by atoms with E-state index in [1.54, 1.807) is 30.5 Å². The average molecular weight is 340 g/mol. The lowest BCUT2D eigenvalue weighted by molar-refractivity contribution is 0.112. The molecule has 0 saturated heterocycles. The van der Waals surface area contributed by atoms with Crippen LogP contribution < -0.4 is 10.5 Å². The maximum atomic E-state index is 10.8. The van der Waals surface area contributed by atoms with Crippen molar-refractivity contribution in [3.8, 4) is 6.01 Å². The topological polar surface area (TPSA) is 114 Å². The zero-order chi connectivity index (χ0) is 17.8. The number of aromatic nitrogens is 3. The Morgan fingerprint density at radius 1 is 1.32 bits per heavy atom. The number of aldehydes is 1. The van der Waals surface area contributed by atoms with Gasteiger partial charge in [-0.25, -0.2) is 0 Å². The van der Waals surface area contributed by atoms with Gasteiger partial charge in [-0.1, -0.05) is 37.6 Å². The van der Waals surface area contributed by atoms with Crippen LogP contribution in [0.4, 0.5) is 5.82 Å². The van der Waals surface area contributed by atoms with Crippen molar-refractivity contribution < 1.29 is 14.6 Å². The average Bonchev–Trinajstić information content (AvgIpc) is 3.06. The minimum Gasteiger partial charge on any atom is -0.463 e. The molecule has 4 N–H and O–H groups in total. The number of hydrogen-bond acceptors (Lipinski definition) is 6. The van der Waals surface area contributed by atoms with Crippen molar-refractivity contribution in [2.24, 2.45) is 0 Å². The quantitative estimate of drug-likeness (QED) is 0.450. The lowest BCUT2D eigenvalue weighted by Gasteiger charge is -2.11. The van der Waals surface area contributed by atoms with E-state index < -0.39 is 6.10 Å². The number of ether oxygens (including phenoxy) is 1. The van der Waals surface area contributed by atoms with Crippen LogP contribution in [0.2, 0.25) is 0 Å². The number of nitrogen functional groups attached to an aromatic ring is 1. The van der Waals surface area contributed by atoms with Crippen LogP contribution in [0.1, 0.15) is 47.4 Å². The second-order valence-electron chi connectivity index (χ2n) is 5.75. The molecule has 0 spiro atoms. The molecular weight excluding hydrogens is 320 g/mol. The van der Waals surface area contributed by atoms with Crippen LogP contribution in [0.25, 0.3) is 11.0 Å². The fourth-order valence-electron chi connectivity index (χ4n) is 2.54. The van der Waals surface area contributed by atoms with Gasteiger partial charge in [0.25, 0.3) is 0 Å². The van der Waals surface area contributed by atoms with E-state index in [2.05, 4.69) is 21.9 Å².